The van der Waals surface area contributed by atoms with E-state index in [0.717, 1.165) is 12.2 Å². The maximum absolute atomic E-state index is 4.29. The van der Waals surface area contributed by atoms with Crippen LogP contribution in [-0.4, -0.2) is 11.0 Å². The Labute approximate surface area is 92.1 Å². The van der Waals surface area contributed by atoms with Gasteiger partial charge in [0.15, 0.2) is 0 Å². The van der Waals surface area contributed by atoms with E-state index < -0.39 is 0 Å². The van der Waals surface area contributed by atoms with Crippen LogP contribution in [0.1, 0.15) is 37.9 Å². The monoisotopic (exact) mass is 204 g/mol. The van der Waals surface area contributed by atoms with Crippen molar-refractivity contribution in [3.8, 4) is 0 Å². The number of rotatable bonds is 4. The third-order valence-electron chi connectivity index (χ3n) is 3.67. The van der Waals surface area contributed by atoms with Gasteiger partial charge in [-0.15, -0.1) is 0 Å². The van der Waals surface area contributed by atoms with E-state index in [4.69, 9.17) is 0 Å². The second kappa shape index (κ2) is 3.93. The molecule has 0 bridgehead atoms. The van der Waals surface area contributed by atoms with Crippen molar-refractivity contribution in [3.05, 3.63) is 29.6 Å². The minimum Gasteiger partial charge on any atom is -0.310 e. The van der Waals surface area contributed by atoms with Gasteiger partial charge in [-0.1, -0.05) is 13.0 Å². The Kier molecular flexibility index (Phi) is 2.79. The molecule has 1 fully saturated rings. The Morgan fingerprint density at radius 3 is 2.73 bits per heavy atom. The van der Waals surface area contributed by atoms with Crippen LogP contribution in [0, 0.1) is 12.3 Å². The molecule has 0 amide bonds. The molecule has 0 aromatic carbocycles. The third-order valence-corrected chi connectivity index (χ3v) is 3.67. The van der Waals surface area contributed by atoms with Gasteiger partial charge in [-0.25, -0.2) is 0 Å². The Morgan fingerprint density at radius 2 is 2.20 bits per heavy atom. The first-order valence-electron chi connectivity index (χ1n) is 5.75. The van der Waals surface area contributed by atoms with Crippen molar-refractivity contribution in [2.75, 3.05) is 0 Å². The highest BCUT2D eigenvalue weighted by Crippen LogP contribution is 2.47. The van der Waals surface area contributed by atoms with Crippen molar-refractivity contribution >= 4 is 0 Å². The predicted octanol–water partition coefficient (Wildman–Crippen LogP) is 2.67. The van der Waals surface area contributed by atoms with Gasteiger partial charge in [-0.2, -0.15) is 0 Å². The van der Waals surface area contributed by atoms with Crippen LogP contribution in [0.3, 0.4) is 0 Å². The molecule has 1 aliphatic carbocycles. The largest absolute Gasteiger partial charge is 0.310 e. The fourth-order valence-corrected chi connectivity index (χ4v) is 1.75. The highest BCUT2D eigenvalue weighted by atomic mass is 14.9. The molecule has 1 aliphatic rings. The van der Waals surface area contributed by atoms with Gasteiger partial charge in [0.2, 0.25) is 0 Å². The van der Waals surface area contributed by atoms with E-state index in [1.165, 1.54) is 18.4 Å². The van der Waals surface area contributed by atoms with Crippen LogP contribution in [-0.2, 0) is 6.54 Å². The molecule has 1 unspecified atom stereocenters. The molecule has 2 rings (SSSR count). The summed E-state index contributed by atoms with van der Waals surface area (Å²) in [7, 11) is 0. The number of nitrogens with zero attached hydrogens (tertiary/aromatic N) is 1. The van der Waals surface area contributed by atoms with Crippen molar-refractivity contribution in [2.45, 2.75) is 46.2 Å². The quantitative estimate of drug-likeness (QED) is 0.815. The number of aryl methyl sites for hydroxylation is 1. The minimum atomic E-state index is 0.554. The van der Waals surface area contributed by atoms with E-state index in [2.05, 4.69) is 36.3 Å². The number of hydrogen-bond donors (Lipinski definition) is 1. The van der Waals surface area contributed by atoms with Gasteiger partial charge in [0.25, 0.3) is 0 Å². The van der Waals surface area contributed by atoms with Crippen LogP contribution in [0.25, 0.3) is 0 Å². The first-order valence-corrected chi connectivity index (χ1v) is 5.75. The molecule has 1 heterocycles. The maximum Gasteiger partial charge on any atom is 0.0372 e. The highest BCUT2D eigenvalue weighted by Gasteiger charge is 2.42. The summed E-state index contributed by atoms with van der Waals surface area (Å²) in [4.78, 5) is 4.29. The zero-order valence-electron chi connectivity index (χ0n) is 9.88. The fourth-order valence-electron chi connectivity index (χ4n) is 1.75. The molecular weight excluding hydrogens is 184 g/mol. The van der Waals surface area contributed by atoms with Gasteiger partial charge in [0, 0.05) is 24.5 Å². The van der Waals surface area contributed by atoms with Crippen LogP contribution in [0.2, 0.25) is 0 Å². The lowest BCUT2D eigenvalue weighted by atomic mass is 10.0. The topological polar surface area (TPSA) is 24.9 Å². The Balaban J connectivity index is 1.85. The zero-order valence-corrected chi connectivity index (χ0v) is 9.88. The molecule has 15 heavy (non-hydrogen) atoms. The SMILES string of the molecule is Cc1ccc(CNC(C)C2(C)CC2)cn1. The van der Waals surface area contributed by atoms with Gasteiger partial charge in [0.1, 0.15) is 0 Å². The van der Waals surface area contributed by atoms with Crippen molar-refractivity contribution in [3.63, 3.8) is 0 Å². The van der Waals surface area contributed by atoms with Crippen LogP contribution < -0.4 is 5.32 Å². The van der Waals surface area contributed by atoms with E-state index in [9.17, 15) is 0 Å². The van der Waals surface area contributed by atoms with Gasteiger partial charge in [-0.3, -0.25) is 4.98 Å². The van der Waals surface area contributed by atoms with Crippen molar-refractivity contribution in [1.82, 2.24) is 10.3 Å². The van der Waals surface area contributed by atoms with E-state index >= 15 is 0 Å². The normalized spacial score (nSPS) is 19.9. The van der Waals surface area contributed by atoms with E-state index in [-0.39, 0.29) is 0 Å². The van der Waals surface area contributed by atoms with Gasteiger partial charge in [-0.05, 0) is 43.7 Å². The fraction of sp³-hybridized carbons (Fsp3) is 0.615. The molecule has 1 atom stereocenters. The molecule has 82 valence electrons. The van der Waals surface area contributed by atoms with E-state index in [1.54, 1.807) is 0 Å². The summed E-state index contributed by atoms with van der Waals surface area (Å²) in [6.45, 7) is 7.60. The first kappa shape index (κ1) is 10.6. The Bertz CT molecular complexity index is 325. The molecule has 0 saturated heterocycles. The summed E-state index contributed by atoms with van der Waals surface area (Å²) in [5.41, 5.74) is 2.91. The molecule has 1 saturated carbocycles. The van der Waals surface area contributed by atoms with Gasteiger partial charge >= 0.3 is 0 Å². The summed E-state index contributed by atoms with van der Waals surface area (Å²) in [5, 5.41) is 3.58. The summed E-state index contributed by atoms with van der Waals surface area (Å²) in [5.74, 6) is 0. The lowest BCUT2D eigenvalue weighted by Crippen LogP contribution is -2.32. The summed E-state index contributed by atoms with van der Waals surface area (Å²) >= 11 is 0. The lowest BCUT2D eigenvalue weighted by molar-refractivity contribution is 0.379. The average Bonchev–Trinajstić information content (AvgIpc) is 2.97. The molecule has 2 heteroatoms. The molecule has 0 spiro atoms. The van der Waals surface area contributed by atoms with Crippen LogP contribution in [0.4, 0.5) is 0 Å². The second-order valence-electron chi connectivity index (χ2n) is 5.06. The van der Waals surface area contributed by atoms with Gasteiger partial charge in [0.05, 0.1) is 0 Å². The summed E-state index contributed by atoms with van der Waals surface area (Å²) in [6, 6.07) is 4.83. The molecule has 1 aromatic heterocycles. The lowest BCUT2D eigenvalue weighted by Gasteiger charge is -2.20. The standard InChI is InChI=1S/C13H20N2/c1-10-4-5-12(8-14-10)9-15-11(2)13(3)6-7-13/h4-5,8,11,15H,6-7,9H2,1-3H3. The number of hydrogen-bond acceptors (Lipinski definition) is 2. The average molecular weight is 204 g/mol. The number of pyridine rings is 1. The third kappa shape index (κ3) is 2.57. The molecule has 0 radical (unpaired) electrons. The summed E-state index contributed by atoms with van der Waals surface area (Å²) < 4.78 is 0. The Hall–Kier alpha value is -0.890. The van der Waals surface area contributed by atoms with Crippen molar-refractivity contribution in [1.29, 1.82) is 0 Å². The smallest absolute Gasteiger partial charge is 0.0372 e. The zero-order chi connectivity index (χ0) is 10.9. The molecule has 2 nitrogen and oxygen atoms in total. The maximum atomic E-state index is 4.29. The molecule has 1 N–H and O–H groups in total. The van der Waals surface area contributed by atoms with E-state index in [1.807, 2.05) is 13.1 Å². The number of nitrogens with one attached hydrogen (secondary N) is 1. The minimum absolute atomic E-state index is 0.554. The van der Waals surface area contributed by atoms with Crippen LogP contribution >= 0.6 is 0 Å². The first-order chi connectivity index (χ1) is 7.10. The Morgan fingerprint density at radius 1 is 1.47 bits per heavy atom. The molecule has 1 aromatic rings. The van der Waals surface area contributed by atoms with Crippen molar-refractivity contribution in [2.24, 2.45) is 5.41 Å². The highest BCUT2D eigenvalue weighted by molar-refractivity contribution is 5.13. The summed E-state index contributed by atoms with van der Waals surface area (Å²) in [6.07, 6.45) is 4.70. The van der Waals surface area contributed by atoms with Crippen molar-refractivity contribution < 1.29 is 0 Å². The molecule has 0 aliphatic heterocycles. The predicted molar refractivity (Wildman–Crippen MR) is 62.6 cm³/mol. The van der Waals surface area contributed by atoms with E-state index in [0.29, 0.717) is 11.5 Å². The van der Waals surface area contributed by atoms with Gasteiger partial charge < -0.3 is 5.32 Å². The second-order valence-corrected chi connectivity index (χ2v) is 5.06. The number of aromatic nitrogens is 1. The van der Waals surface area contributed by atoms with Crippen LogP contribution in [0.15, 0.2) is 18.3 Å². The van der Waals surface area contributed by atoms with Crippen LogP contribution in [0.5, 0.6) is 0 Å². The molecular formula is C13H20N2.